The highest BCUT2D eigenvalue weighted by atomic mass is 35.5. The lowest BCUT2D eigenvalue weighted by Gasteiger charge is -2.20. The second-order valence-electron chi connectivity index (χ2n) is 5.60. The highest BCUT2D eigenvalue weighted by molar-refractivity contribution is 5.85. The molecule has 2 atom stereocenters. The number of halogens is 1. The number of carbonyl (C=O) groups is 1. The standard InChI is InChI=1S/C16H26N2O.ClH/c1-12(2)15(11-14-7-5-4-6-8-14)16(19)18-10-9-13(3)17;/h4-8,12-13,15H,9-11,17H2,1-3H3,(H,18,19);1H. The Labute approximate surface area is 128 Å². The first kappa shape index (κ1) is 18.9. The number of rotatable bonds is 7. The highest BCUT2D eigenvalue weighted by Crippen LogP contribution is 2.17. The Morgan fingerprint density at radius 3 is 2.30 bits per heavy atom. The summed E-state index contributed by atoms with van der Waals surface area (Å²) < 4.78 is 0. The van der Waals surface area contributed by atoms with E-state index in [2.05, 4.69) is 31.3 Å². The number of hydrogen-bond acceptors (Lipinski definition) is 2. The fourth-order valence-electron chi connectivity index (χ4n) is 2.05. The van der Waals surface area contributed by atoms with Crippen molar-refractivity contribution < 1.29 is 4.79 Å². The second-order valence-corrected chi connectivity index (χ2v) is 5.60. The van der Waals surface area contributed by atoms with Gasteiger partial charge in [0.15, 0.2) is 0 Å². The minimum Gasteiger partial charge on any atom is -0.356 e. The zero-order valence-corrected chi connectivity index (χ0v) is 13.5. The van der Waals surface area contributed by atoms with Gasteiger partial charge in [0, 0.05) is 18.5 Å². The van der Waals surface area contributed by atoms with Gasteiger partial charge >= 0.3 is 0 Å². The van der Waals surface area contributed by atoms with Crippen LogP contribution in [-0.4, -0.2) is 18.5 Å². The SMILES string of the molecule is CC(N)CCNC(=O)C(Cc1ccccc1)C(C)C.Cl. The first-order valence-corrected chi connectivity index (χ1v) is 7.08. The van der Waals surface area contributed by atoms with Gasteiger partial charge in [-0.15, -0.1) is 12.4 Å². The molecule has 0 heterocycles. The average Bonchev–Trinajstić information content (AvgIpc) is 2.36. The number of nitrogens with two attached hydrogens (primary N) is 1. The van der Waals surface area contributed by atoms with Crippen LogP contribution in [0.1, 0.15) is 32.8 Å². The Kier molecular flexibility index (Phi) is 9.26. The fraction of sp³-hybridized carbons (Fsp3) is 0.562. The van der Waals surface area contributed by atoms with Crippen molar-refractivity contribution in [2.24, 2.45) is 17.6 Å². The van der Waals surface area contributed by atoms with E-state index in [4.69, 9.17) is 5.73 Å². The van der Waals surface area contributed by atoms with Gasteiger partial charge in [0.25, 0.3) is 0 Å². The minimum atomic E-state index is 0. The normalized spacial score (nSPS) is 13.4. The first-order chi connectivity index (χ1) is 9.00. The molecule has 0 saturated carbocycles. The molecule has 114 valence electrons. The Morgan fingerprint density at radius 2 is 1.80 bits per heavy atom. The molecule has 0 fully saturated rings. The molecule has 0 saturated heterocycles. The first-order valence-electron chi connectivity index (χ1n) is 7.08. The van der Waals surface area contributed by atoms with Crippen LogP contribution in [0.25, 0.3) is 0 Å². The lowest BCUT2D eigenvalue weighted by molar-refractivity contribution is -0.126. The molecule has 0 bridgehead atoms. The quantitative estimate of drug-likeness (QED) is 0.813. The summed E-state index contributed by atoms with van der Waals surface area (Å²) in [4.78, 5) is 12.2. The Hall–Kier alpha value is -1.06. The largest absolute Gasteiger partial charge is 0.356 e. The van der Waals surface area contributed by atoms with Gasteiger partial charge in [0.05, 0.1) is 0 Å². The van der Waals surface area contributed by atoms with Crippen LogP contribution in [0.5, 0.6) is 0 Å². The molecule has 0 spiro atoms. The zero-order valence-electron chi connectivity index (χ0n) is 12.6. The predicted molar refractivity (Wildman–Crippen MR) is 87.0 cm³/mol. The van der Waals surface area contributed by atoms with E-state index in [9.17, 15) is 4.79 Å². The summed E-state index contributed by atoms with van der Waals surface area (Å²) >= 11 is 0. The van der Waals surface area contributed by atoms with Crippen molar-refractivity contribution in [2.75, 3.05) is 6.54 Å². The van der Waals surface area contributed by atoms with E-state index in [1.807, 2.05) is 25.1 Å². The van der Waals surface area contributed by atoms with Gasteiger partial charge in [0.1, 0.15) is 0 Å². The summed E-state index contributed by atoms with van der Waals surface area (Å²) in [7, 11) is 0. The van der Waals surface area contributed by atoms with Crippen molar-refractivity contribution in [3.8, 4) is 0 Å². The topological polar surface area (TPSA) is 55.1 Å². The van der Waals surface area contributed by atoms with Gasteiger partial charge in [-0.05, 0) is 31.2 Å². The third-order valence-corrected chi connectivity index (χ3v) is 3.34. The summed E-state index contributed by atoms with van der Waals surface area (Å²) in [6, 6.07) is 10.3. The van der Waals surface area contributed by atoms with Crippen LogP contribution in [0.2, 0.25) is 0 Å². The van der Waals surface area contributed by atoms with Crippen LogP contribution in [0.4, 0.5) is 0 Å². The van der Waals surface area contributed by atoms with E-state index in [-0.39, 0.29) is 30.3 Å². The number of amides is 1. The molecule has 0 aliphatic carbocycles. The van der Waals surface area contributed by atoms with Gasteiger partial charge in [-0.1, -0.05) is 44.2 Å². The van der Waals surface area contributed by atoms with Crippen LogP contribution < -0.4 is 11.1 Å². The molecule has 3 nitrogen and oxygen atoms in total. The second kappa shape index (κ2) is 9.78. The molecule has 4 heteroatoms. The number of benzene rings is 1. The van der Waals surface area contributed by atoms with Crippen molar-refractivity contribution in [3.63, 3.8) is 0 Å². The molecule has 0 aromatic heterocycles. The van der Waals surface area contributed by atoms with Crippen molar-refractivity contribution in [2.45, 2.75) is 39.7 Å². The lowest BCUT2D eigenvalue weighted by atomic mass is 9.88. The summed E-state index contributed by atoms with van der Waals surface area (Å²) in [5, 5.41) is 3.00. The van der Waals surface area contributed by atoms with Gasteiger partial charge in [-0.3, -0.25) is 4.79 Å². The molecule has 0 aliphatic heterocycles. The molecular weight excluding hydrogens is 272 g/mol. The smallest absolute Gasteiger partial charge is 0.223 e. The molecule has 1 rings (SSSR count). The summed E-state index contributed by atoms with van der Waals surface area (Å²) in [6.07, 6.45) is 1.62. The molecule has 1 amide bonds. The van der Waals surface area contributed by atoms with E-state index in [1.165, 1.54) is 5.56 Å². The van der Waals surface area contributed by atoms with Crippen LogP contribution in [0.3, 0.4) is 0 Å². The van der Waals surface area contributed by atoms with Crippen LogP contribution in [-0.2, 0) is 11.2 Å². The zero-order chi connectivity index (χ0) is 14.3. The molecule has 1 aromatic rings. The van der Waals surface area contributed by atoms with Crippen molar-refractivity contribution >= 4 is 18.3 Å². The van der Waals surface area contributed by atoms with Gasteiger partial charge in [-0.2, -0.15) is 0 Å². The Balaban J connectivity index is 0.00000361. The summed E-state index contributed by atoms with van der Waals surface area (Å²) in [6.45, 7) is 6.81. The van der Waals surface area contributed by atoms with E-state index in [1.54, 1.807) is 0 Å². The average molecular weight is 299 g/mol. The molecule has 3 N–H and O–H groups in total. The Morgan fingerprint density at radius 1 is 1.20 bits per heavy atom. The van der Waals surface area contributed by atoms with Gasteiger partial charge in [0.2, 0.25) is 5.91 Å². The molecule has 0 aliphatic rings. The van der Waals surface area contributed by atoms with Crippen molar-refractivity contribution in [1.82, 2.24) is 5.32 Å². The monoisotopic (exact) mass is 298 g/mol. The van der Waals surface area contributed by atoms with Gasteiger partial charge < -0.3 is 11.1 Å². The number of hydrogen-bond donors (Lipinski definition) is 2. The maximum Gasteiger partial charge on any atom is 0.223 e. The lowest BCUT2D eigenvalue weighted by Crippen LogP contribution is -2.36. The van der Waals surface area contributed by atoms with Crippen molar-refractivity contribution in [3.05, 3.63) is 35.9 Å². The van der Waals surface area contributed by atoms with E-state index in [0.717, 1.165) is 12.8 Å². The molecule has 2 unspecified atom stereocenters. The Bertz CT molecular complexity index is 379. The molecule has 0 radical (unpaired) electrons. The van der Waals surface area contributed by atoms with E-state index in [0.29, 0.717) is 12.5 Å². The fourth-order valence-corrected chi connectivity index (χ4v) is 2.05. The predicted octanol–water partition coefficient (Wildman–Crippen LogP) is 2.78. The maximum absolute atomic E-state index is 12.2. The van der Waals surface area contributed by atoms with Crippen LogP contribution in [0, 0.1) is 11.8 Å². The van der Waals surface area contributed by atoms with E-state index < -0.39 is 0 Å². The molecule has 1 aromatic carbocycles. The highest BCUT2D eigenvalue weighted by Gasteiger charge is 2.22. The maximum atomic E-state index is 12.2. The number of nitrogens with one attached hydrogen (secondary N) is 1. The third kappa shape index (κ3) is 6.92. The number of carbonyl (C=O) groups excluding carboxylic acids is 1. The van der Waals surface area contributed by atoms with Crippen LogP contribution >= 0.6 is 12.4 Å². The summed E-state index contributed by atoms with van der Waals surface area (Å²) in [5.74, 6) is 0.491. The van der Waals surface area contributed by atoms with E-state index >= 15 is 0 Å². The molecule has 20 heavy (non-hydrogen) atoms. The van der Waals surface area contributed by atoms with Crippen LogP contribution in [0.15, 0.2) is 30.3 Å². The van der Waals surface area contributed by atoms with Gasteiger partial charge in [-0.25, -0.2) is 0 Å². The minimum absolute atomic E-state index is 0. The third-order valence-electron chi connectivity index (χ3n) is 3.34. The molecular formula is C16H27ClN2O. The van der Waals surface area contributed by atoms with Crippen molar-refractivity contribution in [1.29, 1.82) is 0 Å². The summed E-state index contributed by atoms with van der Waals surface area (Å²) in [5.41, 5.74) is 6.90.